The molecule has 3 N–H and O–H groups in total. The molecule has 1 aromatic carbocycles. The van der Waals surface area contributed by atoms with Gasteiger partial charge >= 0.3 is 0 Å². The van der Waals surface area contributed by atoms with Crippen molar-refractivity contribution in [2.75, 3.05) is 51.3 Å². The van der Waals surface area contributed by atoms with Crippen LogP contribution in [0.15, 0.2) is 23.2 Å². The Labute approximate surface area is 202 Å². The molecular formula is C21H35ClIN5O2. The van der Waals surface area contributed by atoms with Gasteiger partial charge in [0.1, 0.15) is 0 Å². The standard InChI is InChI=1S/C21H34ClN5O2.HI/c1-5-23-20(25-15-21(3,4)27-10-12-29-13-11-27)24-9-8-19(28)26-18-7-6-16(2)14-17(18)22;/h6-7,14H,5,8-13,15H2,1-4H3,(H,26,28)(H2,23,24,25);1H. The van der Waals surface area contributed by atoms with Crippen molar-refractivity contribution in [2.45, 2.75) is 39.7 Å². The molecule has 1 amide bonds. The maximum absolute atomic E-state index is 12.2. The van der Waals surface area contributed by atoms with E-state index < -0.39 is 0 Å². The number of aryl methyl sites for hydroxylation is 1. The third-order valence-corrected chi connectivity index (χ3v) is 5.19. The minimum Gasteiger partial charge on any atom is -0.379 e. The fourth-order valence-electron chi connectivity index (χ4n) is 3.11. The summed E-state index contributed by atoms with van der Waals surface area (Å²) in [5, 5.41) is 9.88. The van der Waals surface area contributed by atoms with Crippen LogP contribution in [-0.4, -0.2) is 68.2 Å². The number of nitrogens with one attached hydrogen (secondary N) is 3. The van der Waals surface area contributed by atoms with E-state index in [1.807, 2.05) is 32.0 Å². The maximum Gasteiger partial charge on any atom is 0.226 e. The summed E-state index contributed by atoms with van der Waals surface area (Å²) < 4.78 is 5.44. The van der Waals surface area contributed by atoms with Crippen molar-refractivity contribution >= 4 is 53.1 Å². The molecular weight excluding hydrogens is 517 g/mol. The van der Waals surface area contributed by atoms with Crippen molar-refractivity contribution in [1.82, 2.24) is 15.5 Å². The Morgan fingerprint density at radius 2 is 1.97 bits per heavy atom. The van der Waals surface area contributed by atoms with Crippen LogP contribution < -0.4 is 16.0 Å². The van der Waals surface area contributed by atoms with Crippen molar-refractivity contribution in [3.05, 3.63) is 28.8 Å². The van der Waals surface area contributed by atoms with Crippen molar-refractivity contribution in [1.29, 1.82) is 0 Å². The topological polar surface area (TPSA) is 78.0 Å². The number of amides is 1. The van der Waals surface area contributed by atoms with Crippen LogP contribution in [0.2, 0.25) is 5.02 Å². The molecule has 170 valence electrons. The average Bonchev–Trinajstić information content (AvgIpc) is 2.69. The van der Waals surface area contributed by atoms with Crippen LogP contribution in [0.3, 0.4) is 0 Å². The van der Waals surface area contributed by atoms with Gasteiger partial charge in [-0.05, 0) is 45.4 Å². The number of carbonyl (C=O) groups is 1. The van der Waals surface area contributed by atoms with E-state index in [4.69, 9.17) is 21.3 Å². The second-order valence-corrected chi connectivity index (χ2v) is 8.22. The highest BCUT2D eigenvalue weighted by molar-refractivity contribution is 14.0. The zero-order valence-corrected chi connectivity index (χ0v) is 21.5. The van der Waals surface area contributed by atoms with E-state index in [0.717, 1.165) is 44.4 Å². The molecule has 1 aliphatic heterocycles. The highest BCUT2D eigenvalue weighted by Crippen LogP contribution is 2.22. The van der Waals surface area contributed by atoms with Gasteiger partial charge < -0.3 is 20.7 Å². The average molecular weight is 552 g/mol. The van der Waals surface area contributed by atoms with Gasteiger partial charge in [0.05, 0.1) is 30.5 Å². The van der Waals surface area contributed by atoms with Crippen LogP contribution in [0, 0.1) is 6.92 Å². The van der Waals surface area contributed by atoms with E-state index >= 15 is 0 Å². The van der Waals surface area contributed by atoms with Crippen molar-refractivity contribution in [3.8, 4) is 0 Å². The molecule has 0 atom stereocenters. The zero-order chi connectivity index (χ0) is 21.3. The first-order valence-corrected chi connectivity index (χ1v) is 10.6. The monoisotopic (exact) mass is 551 g/mol. The molecule has 0 radical (unpaired) electrons. The Bertz CT molecular complexity index is 709. The van der Waals surface area contributed by atoms with Gasteiger partial charge in [0.25, 0.3) is 0 Å². The summed E-state index contributed by atoms with van der Waals surface area (Å²) in [6, 6.07) is 5.58. The van der Waals surface area contributed by atoms with Crippen LogP contribution in [-0.2, 0) is 9.53 Å². The summed E-state index contributed by atoms with van der Waals surface area (Å²) in [7, 11) is 0. The van der Waals surface area contributed by atoms with Crippen molar-refractivity contribution < 1.29 is 9.53 Å². The molecule has 9 heteroatoms. The molecule has 1 aliphatic rings. The Morgan fingerprint density at radius 1 is 1.27 bits per heavy atom. The minimum absolute atomic E-state index is 0. The normalized spacial score (nSPS) is 15.3. The van der Waals surface area contributed by atoms with Crippen molar-refractivity contribution in [2.24, 2.45) is 4.99 Å². The number of guanidine groups is 1. The summed E-state index contributed by atoms with van der Waals surface area (Å²) >= 11 is 6.18. The first kappa shape index (κ1) is 26.9. The summed E-state index contributed by atoms with van der Waals surface area (Å²) in [6.45, 7) is 13.7. The minimum atomic E-state index is -0.0900. The smallest absolute Gasteiger partial charge is 0.226 e. The van der Waals surface area contributed by atoms with Gasteiger partial charge in [0, 0.05) is 38.1 Å². The number of morpholine rings is 1. The second kappa shape index (κ2) is 13.3. The fraction of sp³-hybridized carbons (Fsp3) is 0.619. The number of halogens is 2. The van der Waals surface area contributed by atoms with Gasteiger partial charge in [0.15, 0.2) is 5.96 Å². The Hall–Kier alpha value is -1.10. The molecule has 0 bridgehead atoms. The summed E-state index contributed by atoms with van der Waals surface area (Å²) in [5.74, 6) is 0.628. The van der Waals surface area contributed by atoms with E-state index in [-0.39, 0.29) is 35.4 Å². The van der Waals surface area contributed by atoms with Gasteiger partial charge in [-0.1, -0.05) is 17.7 Å². The van der Waals surface area contributed by atoms with Crippen LogP contribution in [0.4, 0.5) is 5.69 Å². The van der Waals surface area contributed by atoms with Crippen LogP contribution in [0.25, 0.3) is 0 Å². The lowest BCUT2D eigenvalue weighted by Crippen LogP contribution is -2.52. The maximum atomic E-state index is 12.2. The number of benzene rings is 1. The van der Waals surface area contributed by atoms with Crippen LogP contribution >= 0.6 is 35.6 Å². The van der Waals surface area contributed by atoms with E-state index in [9.17, 15) is 4.79 Å². The SMILES string of the molecule is CCNC(=NCC(C)(C)N1CCOCC1)NCCC(=O)Nc1ccc(C)cc1Cl.I. The Kier molecular flexibility index (Phi) is 12.0. The molecule has 0 saturated carbocycles. The number of ether oxygens (including phenoxy) is 1. The lowest BCUT2D eigenvalue weighted by Gasteiger charge is -2.39. The fourth-order valence-corrected chi connectivity index (χ4v) is 3.39. The summed E-state index contributed by atoms with van der Waals surface area (Å²) in [6.07, 6.45) is 0.321. The molecule has 1 fully saturated rings. The highest BCUT2D eigenvalue weighted by Gasteiger charge is 2.28. The third kappa shape index (κ3) is 8.95. The Morgan fingerprint density at radius 3 is 2.60 bits per heavy atom. The molecule has 7 nitrogen and oxygen atoms in total. The van der Waals surface area contributed by atoms with Gasteiger partial charge in [0.2, 0.25) is 5.91 Å². The molecule has 2 rings (SSSR count). The number of aliphatic imine (C=N–C) groups is 1. The highest BCUT2D eigenvalue weighted by atomic mass is 127. The first-order valence-electron chi connectivity index (χ1n) is 10.2. The van der Waals surface area contributed by atoms with E-state index in [2.05, 4.69) is 34.7 Å². The zero-order valence-electron chi connectivity index (χ0n) is 18.4. The van der Waals surface area contributed by atoms with E-state index in [1.54, 1.807) is 0 Å². The quantitative estimate of drug-likeness (QED) is 0.263. The number of carbonyl (C=O) groups excluding carboxylic acids is 1. The number of anilines is 1. The van der Waals surface area contributed by atoms with E-state index in [1.165, 1.54) is 0 Å². The second-order valence-electron chi connectivity index (χ2n) is 7.82. The number of hydrogen-bond acceptors (Lipinski definition) is 4. The van der Waals surface area contributed by atoms with Crippen molar-refractivity contribution in [3.63, 3.8) is 0 Å². The van der Waals surface area contributed by atoms with Gasteiger partial charge in [-0.2, -0.15) is 0 Å². The molecule has 1 saturated heterocycles. The van der Waals surface area contributed by atoms with Gasteiger partial charge in [-0.15, -0.1) is 24.0 Å². The van der Waals surface area contributed by atoms with E-state index in [0.29, 0.717) is 30.2 Å². The largest absolute Gasteiger partial charge is 0.379 e. The molecule has 0 spiro atoms. The summed E-state index contributed by atoms with van der Waals surface area (Å²) in [4.78, 5) is 19.4. The lowest BCUT2D eigenvalue weighted by atomic mass is 10.0. The molecule has 1 aromatic rings. The molecule has 0 aromatic heterocycles. The number of nitrogens with zero attached hydrogens (tertiary/aromatic N) is 2. The van der Waals surface area contributed by atoms with Crippen LogP contribution in [0.1, 0.15) is 32.8 Å². The lowest BCUT2D eigenvalue weighted by molar-refractivity contribution is -0.116. The third-order valence-electron chi connectivity index (χ3n) is 4.88. The molecule has 30 heavy (non-hydrogen) atoms. The van der Waals surface area contributed by atoms with Gasteiger partial charge in [-0.25, -0.2) is 0 Å². The number of hydrogen-bond donors (Lipinski definition) is 3. The molecule has 1 heterocycles. The predicted molar refractivity (Wildman–Crippen MR) is 135 cm³/mol. The first-order chi connectivity index (χ1) is 13.8. The Balaban J connectivity index is 0.00000450. The van der Waals surface area contributed by atoms with Gasteiger partial charge in [-0.3, -0.25) is 14.7 Å². The molecule has 0 unspecified atom stereocenters. The summed E-state index contributed by atoms with van der Waals surface area (Å²) in [5.41, 5.74) is 1.64. The van der Waals surface area contributed by atoms with Crippen LogP contribution in [0.5, 0.6) is 0 Å². The predicted octanol–water partition coefficient (Wildman–Crippen LogP) is 3.26. The number of rotatable bonds is 8. The molecule has 0 aliphatic carbocycles.